The zero-order valence-corrected chi connectivity index (χ0v) is 17.0. The fourth-order valence-electron chi connectivity index (χ4n) is 2.45. The molecule has 0 aliphatic heterocycles. The van der Waals surface area contributed by atoms with Crippen LogP contribution in [0.3, 0.4) is 0 Å². The molecule has 0 saturated carbocycles. The predicted molar refractivity (Wildman–Crippen MR) is 105 cm³/mol. The SMILES string of the molecule is COC(=O)[C@@H](OC(=O)c1ccc(C)cc1)[C@H](OC(=O)c1ccc(C)cc1)C(=O)OC. The molecule has 0 amide bonds. The van der Waals surface area contributed by atoms with E-state index in [1.54, 1.807) is 24.3 Å². The Morgan fingerprint density at radius 3 is 1.17 bits per heavy atom. The van der Waals surface area contributed by atoms with E-state index in [1.807, 2.05) is 13.8 Å². The minimum Gasteiger partial charge on any atom is -0.466 e. The lowest BCUT2D eigenvalue weighted by molar-refractivity contribution is -0.170. The quantitative estimate of drug-likeness (QED) is 0.502. The molecule has 0 bridgehead atoms. The maximum absolute atomic E-state index is 12.5. The lowest BCUT2D eigenvalue weighted by Gasteiger charge is -2.23. The third kappa shape index (κ3) is 5.66. The molecule has 0 N–H and O–H groups in total. The molecule has 2 rings (SSSR count). The van der Waals surface area contributed by atoms with Crippen molar-refractivity contribution in [2.24, 2.45) is 0 Å². The van der Waals surface area contributed by atoms with Crippen LogP contribution < -0.4 is 0 Å². The van der Waals surface area contributed by atoms with Crippen molar-refractivity contribution in [3.8, 4) is 0 Å². The number of ether oxygens (including phenoxy) is 4. The number of carbonyl (C=O) groups excluding carboxylic acids is 4. The Balaban J connectivity index is 2.30. The number of benzene rings is 2. The van der Waals surface area contributed by atoms with E-state index in [9.17, 15) is 19.2 Å². The maximum Gasteiger partial charge on any atom is 0.351 e. The van der Waals surface area contributed by atoms with Crippen LogP contribution in [0.1, 0.15) is 31.8 Å². The van der Waals surface area contributed by atoms with Gasteiger partial charge < -0.3 is 18.9 Å². The van der Waals surface area contributed by atoms with Gasteiger partial charge in [-0.1, -0.05) is 35.4 Å². The smallest absolute Gasteiger partial charge is 0.351 e. The Bertz CT molecular complexity index is 838. The molecule has 8 nitrogen and oxygen atoms in total. The van der Waals surface area contributed by atoms with Crippen molar-refractivity contribution in [1.82, 2.24) is 0 Å². The molecular formula is C22H22O8. The number of carbonyl (C=O) groups is 4. The highest BCUT2D eigenvalue weighted by Gasteiger charge is 2.42. The van der Waals surface area contributed by atoms with Gasteiger partial charge in [-0.05, 0) is 38.1 Å². The van der Waals surface area contributed by atoms with Crippen molar-refractivity contribution in [3.05, 3.63) is 70.8 Å². The van der Waals surface area contributed by atoms with E-state index in [0.29, 0.717) is 0 Å². The second kappa shape index (κ2) is 10.2. The van der Waals surface area contributed by atoms with E-state index >= 15 is 0 Å². The summed E-state index contributed by atoms with van der Waals surface area (Å²) in [7, 11) is 2.09. The minimum atomic E-state index is -1.86. The lowest BCUT2D eigenvalue weighted by Crippen LogP contribution is -2.47. The topological polar surface area (TPSA) is 105 Å². The highest BCUT2D eigenvalue weighted by atomic mass is 16.6. The summed E-state index contributed by atoms with van der Waals surface area (Å²) in [4.78, 5) is 49.5. The van der Waals surface area contributed by atoms with E-state index < -0.39 is 36.1 Å². The normalized spacial score (nSPS) is 12.3. The van der Waals surface area contributed by atoms with E-state index in [2.05, 4.69) is 9.47 Å². The third-order valence-corrected chi connectivity index (χ3v) is 4.18. The first kappa shape index (κ1) is 22.6. The van der Waals surface area contributed by atoms with Crippen LogP contribution in [0.25, 0.3) is 0 Å². The second-order valence-corrected chi connectivity index (χ2v) is 6.43. The fraction of sp³-hybridized carbons (Fsp3) is 0.273. The van der Waals surface area contributed by atoms with Crippen LogP contribution in [0.2, 0.25) is 0 Å². The third-order valence-electron chi connectivity index (χ3n) is 4.18. The molecule has 0 radical (unpaired) electrons. The van der Waals surface area contributed by atoms with Crippen LogP contribution in [0, 0.1) is 13.8 Å². The zero-order chi connectivity index (χ0) is 22.3. The van der Waals surface area contributed by atoms with Gasteiger partial charge in [0.05, 0.1) is 25.3 Å². The first-order chi connectivity index (χ1) is 14.3. The Hall–Kier alpha value is -3.68. The molecule has 0 aliphatic carbocycles. The summed E-state index contributed by atoms with van der Waals surface area (Å²) in [5, 5.41) is 0. The standard InChI is InChI=1S/C22H22O8/c1-13-5-9-15(10-6-13)19(23)29-17(21(25)27-3)18(22(26)28-4)30-20(24)16-11-7-14(2)8-12-16/h5-12,17-18H,1-4H3/t17-,18-/m0/s1. The molecule has 2 aromatic carbocycles. The molecule has 0 unspecified atom stereocenters. The fourth-order valence-corrected chi connectivity index (χ4v) is 2.45. The van der Waals surface area contributed by atoms with Crippen molar-refractivity contribution in [2.45, 2.75) is 26.1 Å². The average molecular weight is 414 g/mol. The summed E-state index contributed by atoms with van der Waals surface area (Å²) in [6, 6.07) is 12.7. The van der Waals surface area contributed by atoms with Crippen molar-refractivity contribution in [1.29, 1.82) is 0 Å². The molecule has 2 atom stereocenters. The van der Waals surface area contributed by atoms with Crippen molar-refractivity contribution in [3.63, 3.8) is 0 Å². The van der Waals surface area contributed by atoms with E-state index in [1.165, 1.54) is 24.3 Å². The van der Waals surface area contributed by atoms with E-state index in [-0.39, 0.29) is 11.1 Å². The van der Waals surface area contributed by atoms with Crippen LogP contribution >= 0.6 is 0 Å². The van der Waals surface area contributed by atoms with Crippen LogP contribution in [0.4, 0.5) is 0 Å². The van der Waals surface area contributed by atoms with Gasteiger partial charge in [0, 0.05) is 0 Å². The summed E-state index contributed by atoms with van der Waals surface area (Å²) in [6.07, 6.45) is -3.71. The average Bonchev–Trinajstić information content (AvgIpc) is 2.75. The van der Waals surface area contributed by atoms with Crippen molar-refractivity contribution >= 4 is 23.9 Å². The second-order valence-electron chi connectivity index (χ2n) is 6.43. The summed E-state index contributed by atoms with van der Waals surface area (Å²) < 4.78 is 19.6. The molecule has 8 heteroatoms. The molecule has 0 heterocycles. The number of methoxy groups -OCH3 is 2. The van der Waals surface area contributed by atoms with Gasteiger partial charge in [0.15, 0.2) is 0 Å². The van der Waals surface area contributed by atoms with Gasteiger partial charge in [-0.25, -0.2) is 19.2 Å². The van der Waals surface area contributed by atoms with Gasteiger partial charge in [0.2, 0.25) is 12.2 Å². The van der Waals surface area contributed by atoms with Crippen molar-refractivity contribution in [2.75, 3.05) is 14.2 Å². The monoisotopic (exact) mass is 414 g/mol. The summed E-state index contributed by atoms with van der Waals surface area (Å²) >= 11 is 0. The lowest BCUT2D eigenvalue weighted by atomic mass is 10.1. The Morgan fingerprint density at radius 2 is 0.900 bits per heavy atom. The zero-order valence-electron chi connectivity index (χ0n) is 17.0. The molecule has 30 heavy (non-hydrogen) atoms. The van der Waals surface area contributed by atoms with Gasteiger partial charge >= 0.3 is 23.9 Å². The largest absolute Gasteiger partial charge is 0.466 e. The van der Waals surface area contributed by atoms with Crippen LogP contribution in [-0.4, -0.2) is 50.3 Å². The van der Waals surface area contributed by atoms with Crippen LogP contribution in [-0.2, 0) is 28.5 Å². The Labute approximate surface area is 173 Å². The molecule has 158 valence electrons. The van der Waals surface area contributed by atoms with Crippen LogP contribution in [0.5, 0.6) is 0 Å². The van der Waals surface area contributed by atoms with Crippen LogP contribution in [0.15, 0.2) is 48.5 Å². The van der Waals surface area contributed by atoms with Crippen molar-refractivity contribution < 1.29 is 38.1 Å². The first-order valence-corrected chi connectivity index (χ1v) is 8.97. The van der Waals surface area contributed by atoms with Gasteiger partial charge in [-0.2, -0.15) is 0 Å². The maximum atomic E-state index is 12.5. The van der Waals surface area contributed by atoms with Gasteiger partial charge in [-0.15, -0.1) is 0 Å². The number of esters is 4. The minimum absolute atomic E-state index is 0.142. The summed E-state index contributed by atoms with van der Waals surface area (Å²) in [5.41, 5.74) is 2.11. The Kier molecular flexibility index (Phi) is 7.69. The van der Waals surface area contributed by atoms with Gasteiger partial charge in [0.25, 0.3) is 0 Å². The molecule has 0 spiro atoms. The van der Waals surface area contributed by atoms with E-state index in [0.717, 1.165) is 25.3 Å². The number of aryl methyl sites for hydroxylation is 2. The predicted octanol–water partition coefficient (Wildman–Crippen LogP) is 2.40. The van der Waals surface area contributed by atoms with E-state index in [4.69, 9.17) is 9.47 Å². The first-order valence-electron chi connectivity index (χ1n) is 8.97. The number of hydrogen-bond donors (Lipinski definition) is 0. The van der Waals surface area contributed by atoms with Gasteiger partial charge in [-0.3, -0.25) is 0 Å². The molecule has 0 saturated heterocycles. The number of rotatable bonds is 7. The Morgan fingerprint density at radius 1 is 0.600 bits per heavy atom. The molecule has 0 aliphatic rings. The highest BCUT2D eigenvalue weighted by molar-refractivity contribution is 5.96. The highest BCUT2D eigenvalue weighted by Crippen LogP contribution is 2.16. The summed E-state index contributed by atoms with van der Waals surface area (Å²) in [6.45, 7) is 3.67. The molecule has 0 aromatic heterocycles. The molecule has 2 aromatic rings. The summed E-state index contributed by atoms with van der Waals surface area (Å²) in [5.74, 6) is -3.96. The molecular weight excluding hydrogens is 392 g/mol. The van der Waals surface area contributed by atoms with Gasteiger partial charge in [0.1, 0.15) is 0 Å². The molecule has 0 fully saturated rings. The number of hydrogen-bond acceptors (Lipinski definition) is 8.